The van der Waals surface area contributed by atoms with E-state index in [2.05, 4.69) is 36.8 Å². The average Bonchev–Trinajstić information content (AvgIpc) is 3.25. The Kier molecular flexibility index (Phi) is 5.32. The molecule has 1 aliphatic heterocycles. The third-order valence-electron chi connectivity index (χ3n) is 4.65. The third kappa shape index (κ3) is 3.45. The summed E-state index contributed by atoms with van der Waals surface area (Å²) >= 11 is 3.45. The summed E-state index contributed by atoms with van der Waals surface area (Å²) in [7, 11) is 2.76. The summed E-state index contributed by atoms with van der Waals surface area (Å²) in [4.78, 5) is 26.2. The first kappa shape index (κ1) is 19.8. The predicted octanol–water partition coefficient (Wildman–Crippen LogP) is 2.77. The molecule has 2 aromatic carbocycles. The summed E-state index contributed by atoms with van der Waals surface area (Å²) in [6.07, 6.45) is 0. The van der Waals surface area contributed by atoms with Crippen molar-refractivity contribution in [3.05, 3.63) is 75.4 Å². The van der Waals surface area contributed by atoms with Crippen LogP contribution in [-0.4, -0.2) is 46.2 Å². The smallest absolute Gasteiger partial charge is 0.355 e. The zero-order chi connectivity index (χ0) is 21.3. The van der Waals surface area contributed by atoms with E-state index < -0.39 is 12.0 Å². The normalized spacial score (nSPS) is 15.2. The minimum atomic E-state index is -0.749. The molecule has 0 saturated heterocycles. The Morgan fingerprint density at radius 3 is 2.67 bits per heavy atom. The topological polar surface area (TPSA) is 108 Å². The van der Waals surface area contributed by atoms with Crippen molar-refractivity contribution >= 4 is 33.6 Å². The van der Waals surface area contributed by atoms with Gasteiger partial charge < -0.3 is 14.8 Å². The number of rotatable bonds is 5. The number of anilines is 1. The summed E-state index contributed by atoms with van der Waals surface area (Å²) < 4.78 is 12.4. The molecule has 4 rings (SSSR count). The van der Waals surface area contributed by atoms with Gasteiger partial charge in [-0.3, -0.25) is 4.79 Å². The SMILES string of the molecule is COC(=O)C1=C(C(=O)c2cccc(OC)c2)[C@@H](c2cccc(Br)c2)n2nnnc2N1. The molecule has 0 aliphatic carbocycles. The van der Waals surface area contributed by atoms with E-state index in [1.807, 2.05) is 24.3 Å². The highest BCUT2D eigenvalue weighted by atomic mass is 79.9. The van der Waals surface area contributed by atoms with E-state index in [1.54, 1.807) is 24.3 Å². The van der Waals surface area contributed by atoms with Crippen molar-refractivity contribution in [3.8, 4) is 5.75 Å². The van der Waals surface area contributed by atoms with E-state index in [4.69, 9.17) is 9.47 Å². The summed E-state index contributed by atoms with van der Waals surface area (Å²) in [6, 6.07) is 13.3. The molecule has 0 spiro atoms. The maximum atomic E-state index is 13.6. The van der Waals surface area contributed by atoms with Crippen LogP contribution in [0.25, 0.3) is 0 Å². The summed E-state index contributed by atoms with van der Waals surface area (Å²) in [5, 5.41) is 14.5. The Bertz CT molecular complexity index is 1170. The number of tetrazole rings is 1. The van der Waals surface area contributed by atoms with E-state index in [-0.39, 0.29) is 23.0 Å². The van der Waals surface area contributed by atoms with Gasteiger partial charge in [-0.1, -0.05) is 45.3 Å². The number of carbonyl (C=O) groups is 2. The van der Waals surface area contributed by atoms with Crippen LogP contribution in [0.15, 0.2) is 64.3 Å². The van der Waals surface area contributed by atoms with Gasteiger partial charge in [-0.2, -0.15) is 4.68 Å². The lowest BCUT2D eigenvalue weighted by molar-refractivity contribution is -0.136. The minimum Gasteiger partial charge on any atom is -0.497 e. The van der Waals surface area contributed by atoms with Crippen LogP contribution in [0.4, 0.5) is 5.95 Å². The lowest BCUT2D eigenvalue weighted by Gasteiger charge is -2.28. The second kappa shape index (κ2) is 8.07. The monoisotopic (exact) mass is 469 g/mol. The zero-order valence-electron chi connectivity index (χ0n) is 16.0. The maximum Gasteiger partial charge on any atom is 0.355 e. The van der Waals surface area contributed by atoms with Crippen molar-refractivity contribution < 1.29 is 19.1 Å². The number of halogens is 1. The second-order valence-electron chi connectivity index (χ2n) is 6.37. The first-order chi connectivity index (χ1) is 14.5. The number of allylic oxidation sites excluding steroid dienone is 1. The number of aromatic nitrogens is 4. The highest BCUT2D eigenvalue weighted by Crippen LogP contribution is 2.37. The summed E-state index contributed by atoms with van der Waals surface area (Å²) in [6.45, 7) is 0. The van der Waals surface area contributed by atoms with Gasteiger partial charge in [0, 0.05) is 10.0 Å². The van der Waals surface area contributed by atoms with Crippen molar-refractivity contribution in [3.63, 3.8) is 0 Å². The second-order valence-corrected chi connectivity index (χ2v) is 7.29. The molecular weight excluding hydrogens is 454 g/mol. The molecule has 0 unspecified atom stereocenters. The number of ether oxygens (including phenoxy) is 2. The van der Waals surface area contributed by atoms with E-state index in [1.165, 1.54) is 18.9 Å². The number of Topliss-reactive ketones (excluding diaryl/α,β-unsaturated/α-hetero) is 1. The molecule has 9 nitrogen and oxygen atoms in total. The van der Waals surface area contributed by atoms with Gasteiger partial charge in [0.05, 0.1) is 19.8 Å². The number of fused-ring (bicyclic) bond motifs is 1. The predicted molar refractivity (Wildman–Crippen MR) is 110 cm³/mol. The number of nitrogens with one attached hydrogen (secondary N) is 1. The lowest BCUT2D eigenvalue weighted by Crippen LogP contribution is -2.33. The molecule has 1 aromatic heterocycles. The Morgan fingerprint density at radius 1 is 1.13 bits per heavy atom. The molecule has 0 bridgehead atoms. The van der Waals surface area contributed by atoms with Gasteiger partial charge in [-0.15, -0.1) is 0 Å². The number of benzene rings is 2. The van der Waals surface area contributed by atoms with E-state index in [0.717, 1.165) is 4.47 Å². The first-order valence-corrected chi connectivity index (χ1v) is 9.64. The molecule has 152 valence electrons. The average molecular weight is 470 g/mol. The van der Waals surface area contributed by atoms with Crippen LogP contribution in [0.5, 0.6) is 5.75 Å². The molecule has 0 amide bonds. The Labute approximate surface area is 179 Å². The van der Waals surface area contributed by atoms with Crippen LogP contribution in [-0.2, 0) is 9.53 Å². The van der Waals surface area contributed by atoms with Crippen LogP contribution in [0.3, 0.4) is 0 Å². The number of hydrogen-bond donors (Lipinski definition) is 1. The molecule has 1 atom stereocenters. The Balaban J connectivity index is 1.95. The Hall–Kier alpha value is -3.53. The summed E-state index contributed by atoms with van der Waals surface area (Å²) in [5.74, 6) is -0.335. The van der Waals surface area contributed by atoms with Crippen molar-refractivity contribution in [2.45, 2.75) is 6.04 Å². The standard InChI is InChI=1S/C20H16BrN5O4/c1-29-14-8-4-6-12(10-14)18(27)15-16(19(28)30-2)22-20-23-24-25-26(20)17(15)11-5-3-7-13(21)9-11/h3-10,17H,1-2H3,(H,22,23,25)/t17-/m1/s1. The first-order valence-electron chi connectivity index (χ1n) is 8.85. The van der Waals surface area contributed by atoms with Gasteiger partial charge in [0.1, 0.15) is 17.5 Å². The number of nitrogens with zero attached hydrogens (tertiary/aromatic N) is 4. The Morgan fingerprint density at radius 2 is 1.93 bits per heavy atom. The number of ketones is 1. The number of hydrogen-bond acceptors (Lipinski definition) is 8. The molecule has 30 heavy (non-hydrogen) atoms. The highest BCUT2D eigenvalue weighted by Gasteiger charge is 2.38. The van der Waals surface area contributed by atoms with Crippen molar-refractivity contribution in [2.75, 3.05) is 19.5 Å². The van der Waals surface area contributed by atoms with Crippen molar-refractivity contribution in [2.24, 2.45) is 0 Å². The largest absolute Gasteiger partial charge is 0.497 e. The molecular formula is C20H16BrN5O4. The molecule has 1 aliphatic rings. The minimum absolute atomic E-state index is 0.0161. The van der Waals surface area contributed by atoms with Crippen LogP contribution >= 0.6 is 15.9 Å². The van der Waals surface area contributed by atoms with Gasteiger partial charge in [0.15, 0.2) is 5.78 Å². The van der Waals surface area contributed by atoms with Crippen LogP contribution in [0.1, 0.15) is 22.0 Å². The maximum absolute atomic E-state index is 13.6. The van der Waals surface area contributed by atoms with Gasteiger partial charge in [-0.25, -0.2) is 4.79 Å². The molecule has 3 aromatic rings. The van der Waals surface area contributed by atoms with Crippen LogP contribution in [0, 0.1) is 0 Å². The van der Waals surface area contributed by atoms with Crippen LogP contribution in [0.2, 0.25) is 0 Å². The van der Waals surface area contributed by atoms with E-state index in [0.29, 0.717) is 16.9 Å². The number of methoxy groups -OCH3 is 2. The molecule has 0 radical (unpaired) electrons. The van der Waals surface area contributed by atoms with Gasteiger partial charge in [0.2, 0.25) is 5.95 Å². The number of carbonyl (C=O) groups excluding carboxylic acids is 2. The fourth-order valence-electron chi connectivity index (χ4n) is 3.29. The van der Waals surface area contributed by atoms with Crippen LogP contribution < -0.4 is 10.1 Å². The van der Waals surface area contributed by atoms with Crippen molar-refractivity contribution in [1.29, 1.82) is 0 Å². The van der Waals surface area contributed by atoms with Gasteiger partial charge in [-0.05, 0) is 40.3 Å². The highest BCUT2D eigenvalue weighted by molar-refractivity contribution is 9.10. The molecule has 0 saturated carbocycles. The molecule has 2 heterocycles. The fraction of sp³-hybridized carbons (Fsp3) is 0.150. The molecule has 1 N–H and O–H groups in total. The molecule has 10 heteroatoms. The number of esters is 1. The zero-order valence-corrected chi connectivity index (χ0v) is 17.6. The summed E-state index contributed by atoms with van der Waals surface area (Å²) in [5.41, 5.74) is 1.21. The van der Waals surface area contributed by atoms with Crippen molar-refractivity contribution in [1.82, 2.24) is 20.2 Å². The fourth-order valence-corrected chi connectivity index (χ4v) is 3.71. The molecule has 0 fully saturated rings. The van der Waals surface area contributed by atoms with Gasteiger partial charge >= 0.3 is 5.97 Å². The van der Waals surface area contributed by atoms with Gasteiger partial charge in [0.25, 0.3) is 0 Å². The third-order valence-corrected chi connectivity index (χ3v) is 5.14. The van der Waals surface area contributed by atoms with E-state index >= 15 is 0 Å². The lowest BCUT2D eigenvalue weighted by atomic mass is 9.89. The van der Waals surface area contributed by atoms with E-state index in [9.17, 15) is 9.59 Å². The quantitative estimate of drug-likeness (QED) is 0.448.